The van der Waals surface area contributed by atoms with E-state index in [0.717, 1.165) is 31.2 Å². The zero-order valence-electron chi connectivity index (χ0n) is 20.1. The SMILES string of the molecule is Cc1ccc(C(=O)O[C@H](C)C(=O)Nc2ccc([N+](=O)[O-])cc2C(F)(F)F)cc1S(=O)(=O)Nc1ccc(F)cc1. The van der Waals surface area contributed by atoms with Gasteiger partial charge in [-0.3, -0.25) is 19.6 Å². The number of sulfonamides is 1. The monoisotopic (exact) mass is 569 g/mol. The molecule has 3 aromatic rings. The fourth-order valence-electron chi connectivity index (χ4n) is 3.25. The predicted octanol–water partition coefficient (Wildman–Crippen LogP) is 5.05. The van der Waals surface area contributed by atoms with Crippen LogP contribution in [0.5, 0.6) is 0 Å². The van der Waals surface area contributed by atoms with Gasteiger partial charge in [0.15, 0.2) is 6.10 Å². The second kappa shape index (κ2) is 11.1. The molecular weight excluding hydrogens is 550 g/mol. The molecule has 0 aliphatic heterocycles. The molecule has 0 aliphatic carbocycles. The van der Waals surface area contributed by atoms with Gasteiger partial charge in [-0.25, -0.2) is 17.6 Å². The van der Waals surface area contributed by atoms with Crippen molar-refractivity contribution in [1.82, 2.24) is 0 Å². The highest BCUT2D eigenvalue weighted by Crippen LogP contribution is 2.37. The van der Waals surface area contributed by atoms with Gasteiger partial charge in [0.2, 0.25) is 0 Å². The fourth-order valence-corrected chi connectivity index (χ4v) is 4.58. The summed E-state index contributed by atoms with van der Waals surface area (Å²) < 4.78 is 86.1. The summed E-state index contributed by atoms with van der Waals surface area (Å²) in [6.07, 6.45) is -6.69. The third-order valence-electron chi connectivity index (χ3n) is 5.24. The molecule has 0 aromatic heterocycles. The van der Waals surface area contributed by atoms with Gasteiger partial charge in [-0.05, 0) is 61.9 Å². The van der Waals surface area contributed by atoms with E-state index in [1.807, 2.05) is 5.32 Å². The molecule has 1 amide bonds. The van der Waals surface area contributed by atoms with Crippen LogP contribution in [0.15, 0.2) is 65.6 Å². The molecule has 0 spiro atoms. The predicted molar refractivity (Wildman–Crippen MR) is 130 cm³/mol. The molecule has 3 aromatic carbocycles. The Labute approximate surface area is 218 Å². The Morgan fingerprint density at radius 1 is 1.03 bits per heavy atom. The third-order valence-corrected chi connectivity index (χ3v) is 6.76. The van der Waals surface area contributed by atoms with E-state index in [2.05, 4.69) is 4.72 Å². The summed E-state index contributed by atoms with van der Waals surface area (Å²) >= 11 is 0. The first-order valence-corrected chi connectivity index (χ1v) is 12.3. The van der Waals surface area contributed by atoms with Crippen LogP contribution in [0.4, 0.5) is 34.6 Å². The highest BCUT2D eigenvalue weighted by molar-refractivity contribution is 7.92. The standard InChI is InChI=1S/C24H19F4N3O7S/c1-13-3-4-15(11-21(13)39(36,37)30-17-7-5-16(25)6-8-17)23(33)38-14(2)22(32)29-20-10-9-18(31(34)35)12-19(20)24(26,27)28/h3-12,14,30H,1-2H3,(H,29,32)/t14-/m1/s1. The van der Waals surface area contributed by atoms with Crippen molar-refractivity contribution in [2.45, 2.75) is 31.0 Å². The molecule has 0 saturated carbocycles. The van der Waals surface area contributed by atoms with Crippen molar-refractivity contribution in [3.05, 3.63) is 93.3 Å². The molecule has 0 fully saturated rings. The molecule has 0 unspecified atom stereocenters. The number of aryl methyl sites for hydroxylation is 1. The minimum Gasteiger partial charge on any atom is -0.449 e. The maximum atomic E-state index is 13.4. The highest BCUT2D eigenvalue weighted by atomic mass is 32.2. The third kappa shape index (κ3) is 7.07. The van der Waals surface area contributed by atoms with E-state index in [-0.39, 0.29) is 27.8 Å². The summed E-state index contributed by atoms with van der Waals surface area (Å²) in [5, 5.41) is 12.8. The summed E-state index contributed by atoms with van der Waals surface area (Å²) in [5.41, 5.74) is -3.12. The molecule has 206 valence electrons. The van der Waals surface area contributed by atoms with E-state index in [9.17, 15) is 45.7 Å². The lowest BCUT2D eigenvalue weighted by molar-refractivity contribution is -0.385. The smallest absolute Gasteiger partial charge is 0.418 e. The van der Waals surface area contributed by atoms with E-state index in [4.69, 9.17) is 4.74 Å². The van der Waals surface area contributed by atoms with E-state index in [0.29, 0.717) is 6.07 Å². The molecule has 0 aliphatic rings. The number of hydrogen-bond donors (Lipinski definition) is 2. The van der Waals surface area contributed by atoms with Gasteiger partial charge in [0.25, 0.3) is 21.6 Å². The molecule has 3 rings (SSSR count). The van der Waals surface area contributed by atoms with Crippen molar-refractivity contribution in [3.63, 3.8) is 0 Å². The average Bonchev–Trinajstić information content (AvgIpc) is 2.84. The van der Waals surface area contributed by atoms with Crippen molar-refractivity contribution in [3.8, 4) is 0 Å². The van der Waals surface area contributed by atoms with Gasteiger partial charge in [-0.2, -0.15) is 13.2 Å². The van der Waals surface area contributed by atoms with Gasteiger partial charge in [0.1, 0.15) is 5.82 Å². The minimum absolute atomic E-state index is 0.0542. The van der Waals surface area contributed by atoms with Gasteiger partial charge in [0.05, 0.1) is 26.6 Å². The number of nitro benzene ring substituents is 1. The Hall–Kier alpha value is -4.53. The zero-order valence-corrected chi connectivity index (χ0v) is 20.9. The van der Waals surface area contributed by atoms with Crippen LogP contribution in [0.2, 0.25) is 0 Å². The van der Waals surface area contributed by atoms with Crippen LogP contribution in [-0.2, 0) is 25.7 Å². The molecule has 15 heteroatoms. The van der Waals surface area contributed by atoms with E-state index in [1.54, 1.807) is 0 Å². The first-order valence-electron chi connectivity index (χ1n) is 10.8. The Balaban J connectivity index is 1.78. The number of ether oxygens (including phenoxy) is 1. The molecule has 1 atom stereocenters. The van der Waals surface area contributed by atoms with Crippen LogP contribution in [0.25, 0.3) is 0 Å². The van der Waals surface area contributed by atoms with Crippen LogP contribution in [0.3, 0.4) is 0 Å². The van der Waals surface area contributed by atoms with Crippen molar-refractivity contribution < 1.29 is 45.2 Å². The Morgan fingerprint density at radius 2 is 1.67 bits per heavy atom. The average molecular weight is 569 g/mol. The number of carbonyl (C=O) groups is 2. The molecule has 0 radical (unpaired) electrons. The number of nitrogens with zero attached hydrogens (tertiary/aromatic N) is 1. The Bertz CT molecular complexity index is 1540. The lowest BCUT2D eigenvalue weighted by Crippen LogP contribution is -2.31. The van der Waals surface area contributed by atoms with Gasteiger partial charge in [-0.15, -0.1) is 0 Å². The number of esters is 1. The van der Waals surface area contributed by atoms with Gasteiger partial charge in [-0.1, -0.05) is 6.07 Å². The molecule has 10 nitrogen and oxygen atoms in total. The summed E-state index contributed by atoms with van der Waals surface area (Å²) in [5.74, 6) is -2.92. The number of rotatable bonds is 8. The maximum Gasteiger partial charge on any atom is 0.418 e. The lowest BCUT2D eigenvalue weighted by Gasteiger charge is -2.17. The van der Waals surface area contributed by atoms with Crippen molar-refractivity contribution in [2.75, 3.05) is 10.0 Å². The quantitative estimate of drug-likeness (QED) is 0.167. The van der Waals surface area contributed by atoms with Crippen LogP contribution < -0.4 is 10.0 Å². The summed E-state index contributed by atoms with van der Waals surface area (Å²) in [6.45, 7) is 2.51. The van der Waals surface area contributed by atoms with Gasteiger partial charge >= 0.3 is 12.1 Å². The fraction of sp³-hybridized carbons (Fsp3) is 0.167. The normalized spacial score (nSPS) is 12.4. The Kier molecular flexibility index (Phi) is 8.24. The largest absolute Gasteiger partial charge is 0.449 e. The highest BCUT2D eigenvalue weighted by Gasteiger charge is 2.36. The number of non-ortho nitro benzene ring substituents is 1. The first-order chi connectivity index (χ1) is 18.1. The molecular formula is C24H19F4N3O7S. The first kappa shape index (κ1) is 29.0. The van der Waals surface area contributed by atoms with Crippen molar-refractivity contribution >= 4 is 39.0 Å². The minimum atomic E-state index is -5.04. The van der Waals surface area contributed by atoms with Crippen LogP contribution in [0, 0.1) is 22.9 Å². The van der Waals surface area contributed by atoms with Crippen LogP contribution in [0.1, 0.15) is 28.4 Å². The molecule has 0 saturated heterocycles. The van der Waals surface area contributed by atoms with E-state index in [1.165, 1.54) is 31.2 Å². The molecule has 0 bridgehead atoms. The number of amides is 1. The summed E-state index contributed by atoms with van der Waals surface area (Å²) in [4.78, 5) is 34.6. The molecule has 2 N–H and O–H groups in total. The summed E-state index contributed by atoms with van der Waals surface area (Å²) in [7, 11) is -4.24. The number of alkyl halides is 3. The van der Waals surface area contributed by atoms with Gasteiger partial charge in [0, 0.05) is 17.8 Å². The molecule has 39 heavy (non-hydrogen) atoms. The Morgan fingerprint density at radius 3 is 2.26 bits per heavy atom. The van der Waals surface area contributed by atoms with Crippen molar-refractivity contribution in [1.29, 1.82) is 0 Å². The number of halogens is 4. The van der Waals surface area contributed by atoms with Crippen molar-refractivity contribution in [2.24, 2.45) is 0 Å². The number of carbonyl (C=O) groups excluding carboxylic acids is 2. The number of anilines is 2. The number of hydrogen-bond acceptors (Lipinski definition) is 7. The second-order valence-electron chi connectivity index (χ2n) is 8.11. The topological polar surface area (TPSA) is 145 Å². The van der Waals surface area contributed by atoms with Crippen LogP contribution >= 0.6 is 0 Å². The lowest BCUT2D eigenvalue weighted by atomic mass is 10.1. The number of nitro groups is 1. The number of benzene rings is 3. The van der Waals surface area contributed by atoms with E-state index >= 15 is 0 Å². The van der Waals surface area contributed by atoms with Gasteiger partial charge < -0.3 is 10.1 Å². The molecule has 0 heterocycles. The van der Waals surface area contributed by atoms with Crippen LogP contribution in [-0.4, -0.2) is 31.3 Å². The maximum absolute atomic E-state index is 13.4. The zero-order chi connectivity index (χ0) is 29.1. The van der Waals surface area contributed by atoms with E-state index < -0.39 is 61.9 Å². The number of nitrogens with one attached hydrogen (secondary N) is 2. The summed E-state index contributed by atoms with van der Waals surface area (Å²) in [6, 6.07) is 9.66. The second-order valence-corrected chi connectivity index (χ2v) is 9.77.